The summed E-state index contributed by atoms with van der Waals surface area (Å²) >= 11 is 0. The molecule has 0 aromatic heterocycles. The molecule has 0 bridgehead atoms. The summed E-state index contributed by atoms with van der Waals surface area (Å²) < 4.78 is 13.3. The van der Waals surface area contributed by atoms with Crippen LogP contribution in [-0.2, 0) is 6.54 Å². The molecule has 0 saturated carbocycles. The zero-order valence-electron chi connectivity index (χ0n) is 14.6. The maximum atomic E-state index is 13.3. The van der Waals surface area contributed by atoms with E-state index in [4.69, 9.17) is 0 Å². The highest BCUT2D eigenvalue weighted by atomic mass is 19.1. The quantitative estimate of drug-likeness (QED) is 0.645. The average Bonchev–Trinajstić information content (AvgIpc) is 3.00. The van der Waals surface area contributed by atoms with Gasteiger partial charge in [0.1, 0.15) is 5.82 Å². The highest BCUT2D eigenvalue weighted by molar-refractivity contribution is 5.79. The molecule has 0 aliphatic carbocycles. The van der Waals surface area contributed by atoms with Crippen molar-refractivity contribution >= 4 is 5.96 Å². The Labute approximate surface area is 139 Å². The summed E-state index contributed by atoms with van der Waals surface area (Å²) in [4.78, 5) is 8.89. The normalized spacial score (nSPS) is 17.3. The van der Waals surface area contributed by atoms with Crippen LogP contribution in [0.15, 0.2) is 29.3 Å². The third kappa shape index (κ3) is 5.82. The summed E-state index contributed by atoms with van der Waals surface area (Å²) in [5.41, 5.74) is 0.945. The van der Waals surface area contributed by atoms with Gasteiger partial charge in [-0.25, -0.2) is 4.39 Å². The largest absolute Gasteiger partial charge is 0.356 e. The molecular formula is C18H29FN4. The van der Waals surface area contributed by atoms with Gasteiger partial charge in [0.15, 0.2) is 5.96 Å². The van der Waals surface area contributed by atoms with Crippen LogP contribution in [0.5, 0.6) is 0 Å². The Morgan fingerprint density at radius 1 is 1.39 bits per heavy atom. The molecule has 5 heteroatoms. The third-order valence-electron chi connectivity index (χ3n) is 4.26. The van der Waals surface area contributed by atoms with Crippen LogP contribution in [0.3, 0.4) is 0 Å². The Hall–Kier alpha value is -1.62. The van der Waals surface area contributed by atoms with Gasteiger partial charge < -0.3 is 15.1 Å². The molecule has 1 heterocycles. The minimum Gasteiger partial charge on any atom is -0.356 e. The minimum atomic E-state index is -0.196. The predicted molar refractivity (Wildman–Crippen MR) is 94.1 cm³/mol. The molecule has 2 rings (SSSR count). The monoisotopic (exact) mass is 320 g/mol. The predicted octanol–water partition coefficient (Wildman–Crippen LogP) is 2.56. The van der Waals surface area contributed by atoms with E-state index in [-0.39, 0.29) is 5.82 Å². The second kappa shape index (κ2) is 8.87. The molecule has 4 nitrogen and oxygen atoms in total. The summed E-state index contributed by atoms with van der Waals surface area (Å²) in [5, 5.41) is 3.43. The van der Waals surface area contributed by atoms with Crippen molar-refractivity contribution in [1.82, 2.24) is 15.1 Å². The van der Waals surface area contributed by atoms with E-state index in [0.29, 0.717) is 12.5 Å². The molecule has 1 aliphatic rings. The molecule has 1 unspecified atom stereocenters. The number of benzene rings is 1. The Morgan fingerprint density at radius 2 is 2.13 bits per heavy atom. The Bertz CT molecular complexity index is 511. The lowest BCUT2D eigenvalue weighted by Gasteiger charge is -2.25. The standard InChI is InChI=1S/C18H29FN4/c1-15(13-23-9-4-5-10-23)12-21-18(20-2)22(3)14-16-7-6-8-17(19)11-16/h6-8,11,15H,4-5,9-10,12-14H2,1-3H3,(H,20,21). The van der Waals surface area contributed by atoms with Crippen LogP contribution in [0.25, 0.3) is 0 Å². The molecule has 0 amide bonds. The third-order valence-corrected chi connectivity index (χ3v) is 4.26. The molecule has 0 spiro atoms. The van der Waals surface area contributed by atoms with Gasteiger partial charge in [0.05, 0.1) is 0 Å². The number of hydrogen-bond donors (Lipinski definition) is 1. The van der Waals surface area contributed by atoms with Gasteiger partial charge >= 0.3 is 0 Å². The van der Waals surface area contributed by atoms with Crippen LogP contribution in [0.4, 0.5) is 4.39 Å². The second-order valence-electron chi connectivity index (χ2n) is 6.53. The molecule has 0 radical (unpaired) electrons. The van der Waals surface area contributed by atoms with Crippen molar-refractivity contribution < 1.29 is 4.39 Å². The molecule has 1 aromatic carbocycles. The van der Waals surface area contributed by atoms with Gasteiger partial charge in [0.25, 0.3) is 0 Å². The van der Waals surface area contributed by atoms with Crippen LogP contribution in [0.1, 0.15) is 25.3 Å². The fourth-order valence-electron chi connectivity index (χ4n) is 3.10. The number of rotatable bonds is 6. The summed E-state index contributed by atoms with van der Waals surface area (Å²) in [7, 11) is 3.76. The molecule has 1 aliphatic heterocycles. The number of aliphatic imine (C=N–C) groups is 1. The molecule has 1 saturated heterocycles. The molecule has 23 heavy (non-hydrogen) atoms. The fourth-order valence-corrected chi connectivity index (χ4v) is 3.10. The highest BCUT2D eigenvalue weighted by Crippen LogP contribution is 2.10. The van der Waals surface area contributed by atoms with Gasteiger partial charge in [-0.2, -0.15) is 0 Å². The fraction of sp³-hybridized carbons (Fsp3) is 0.611. The molecule has 1 atom stereocenters. The number of guanidine groups is 1. The van der Waals surface area contributed by atoms with E-state index in [1.165, 1.54) is 32.0 Å². The first-order valence-corrected chi connectivity index (χ1v) is 8.47. The van der Waals surface area contributed by atoms with Crippen molar-refractivity contribution in [2.45, 2.75) is 26.3 Å². The van der Waals surface area contributed by atoms with Crippen molar-refractivity contribution in [3.05, 3.63) is 35.6 Å². The zero-order chi connectivity index (χ0) is 16.7. The van der Waals surface area contributed by atoms with Crippen LogP contribution >= 0.6 is 0 Å². The van der Waals surface area contributed by atoms with Gasteiger partial charge in [-0.05, 0) is 49.5 Å². The SMILES string of the molecule is CN=C(NCC(C)CN1CCCC1)N(C)Cc1cccc(F)c1. The van der Waals surface area contributed by atoms with E-state index in [1.54, 1.807) is 19.2 Å². The average molecular weight is 320 g/mol. The second-order valence-corrected chi connectivity index (χ2v) is 6.53. The number of halogens is 1. The Balaban J connectivity index is 1.79. The van der Waals surface area contributed by atoms with Crippen molar-refractivity contribution in [3.63, 3.8) is 0 Å². The van der Waals surface area contributed by atoms with Crippen LogP contribution in [-0.4, -0.2) is 56.0 Å². The van der Waals surface area contributed by atoms with Gasteiger partial charge in [-0.15, -0.1) is 0 Å². The van der Waals surface area contributed by atoms with Crippen molar-refractivity contribution in [2.24, 2.45) is 10.9 Å². The van der Waals surface area contributed by atoms with E-state index >= 15 is 0 Å². The first kappa shape index (κ1) is 17.7. The summed E-state index contributed by atoms with van der Waals surface area (Å²) in [6.07, 6.45) is 2.66. The lowest BCUT2D eigenvalue weighted by atomic mass is 10.1. The topological polar surface area (TPSA) is 30.9 Å². The minimum absolute atomic E-state index is 0.196. The number of likely N-dealkylation sites (tertiary alicyclic amines) is 1. The van der Waals surface area contributed by atoms with Crippen molar-refractivity contribution in [3.8, 4) is 0 Å². The molecule has 1 aromatic rings. The van der Waals surface area contributed by atoms with Crippen LogP contribution in [0.2, 0.25) is 0 Å². The van der Waals surface area contributed by atoms with Crippen molar-refractivity contribution in [1.29, 1.82) is 0 Å². The Morgan fingerprint density at radius 3 is 2.78 bits per heavy atom. The first-order valence-electron chi connectivity index (χ1n) is 8.47. The number of hydrogen-bond acceptors (Lipinski definition) is 2. The van der Waals surface area contributed by atoms with E-state index in [0.717, 1.165) is 24.6 Å². The van der Waals surface area contributed by atoms with E-state index in [9.17, 15) is 4.39 Å². The first-order chi connectivity index (χ1) is 11.1. The summed E-state index contributed by atoms with van der Waals surface area (Å²) in [5.74, 6) is 1.23. The maximum Gasteiger partial charge on any atom is 0.193 e. The zero-order valence-corrected chi connectivity index (χ0v) is 14.6. The molecular weight excluding hydrogens is 291 g/mol. The lowest BCUT2D eigenvalue weighted by molar-refractivity contribution is 0.286. The van der Waals surface area contributed by atoms with E-state index in [2.05, 4.69) is 22.1 Å². The molecule has 1 N–H and O–H groups in total. The van der Waals surface area contributed by atoms with Gasteiger partial charge in [-0.3, -0.25) is 4.99 Å². The highest BCUT2D eigenvalue weighted by Gasteiger charge is 2.15. The maximum absolute atomic E-state index is 13.3. The van der Waals surface area contributed by atoms with Crippen molar-refractivity contribution in [2.75, 3.05) is 40.3 Å². The Kier molecular flexibility index (Phi) is 6.84. The van der Waals surface area contributed by atoms with Gasteiger partial charge in [0, 0.05) is 33.7 Å². The number of nitrogens with one attached hydrogen (secondary N) is 1. The van der Waals surface area contributed by atoms with Gasteiger partial charge in [0.2, 0.25) is 0 Å². The summed E-state index contributed by atoms with van der Waals surface area (Å²) in [6.45, 7) is 7.41. The van der Waals surface area contributed by atoms with Crippen LogP contribution < -0.4 is 5.32 Å². The smallest absolute Gasteiger partial charge is 0.193 e. The van der Waals surface area contributed by atoms with Gasteiger partial charge in [-0.1, -0.05) is 19.1 Å². The van der Waals surface area contributed by atoms with E-state index < -0.39 is 0 Å². The van der Waals surface area contributed by atoms with E-state index in [1.807, 2.05) is 18.0 Å². The number of nitrogens with zero attached hydrogens (tertiary/aromatic N) is 3. The summed E-state index contributed by atoms with van der Waals surface area (Å²) in [6, 6.07) is 6.71. The van der Waals surface area contributed by atoms with Crippen LogP contribution in [0, 0.1) is 11.7 Å². The molecule has 128 valence electrons. The molecule has 1 fully saturated rings. The lowest BCUT2D eigenvalue weighted by Crippen LogP contribution is -2.42.